The fourth-order valence-electron chi connectivity index (χ4n) is 2.20. The number of nitrogens with zero attached hydrogens (tertiary/aromatic N) is 3. The van der Waals surface area contributed by atoms with Crippen molar-refractivity contribution in [3.8, 4) is 0 Å². The van der Waals surface area contributed by atoms with Crippen molar-refractivity contribution < 1.29 is 0 Å². The van der Waals surface area contributed by atoms with E-state index in [1.54, 1.807) is 11.3 Å². The Morgan fingerprint density at radius 2 is 1.96 bits per heavy atom. The molecule has 7 heteroatoms. The van der Waals surface area contributed by atoms with Crippen molar-refractivity contribution in [3.05, 3.63) is 15.6 Å². The third kappa shape index (κ3) is 10.4. The molecule has 2 N–H and O–H groups in total. The Hall–Kier alpha value is -0.410. The lowest BCUT2D eigenvalue weighted by Gasteiger charge is -2.20. The standard InChI is InChI=1S/C18H35N5S.HI/c1-7-19-18(20-11-8-9-13-23(6)14(2)3)21-12-10-17-22-15(4)16(5)24-17;/h14H,7-13H2,1-6H3,(H2,19,20,21);1H. The van der Waals surface area contributed by atoms with Crippen molar-refractivity contribution in [3.63, 3.8) is 0 Å². The van der Waals surface area contributed by atoms with Crippen LogP contribution in [-0.2, 0) is 6.42 Å². The fraction of sp³-hybridized carbons (Fsp3) is 0.778. The molecule has 0 aliphatic carbocycles. The van der Waals surface area contributed by atoms with E-state index in [2.05, 4.69) is 67.2 Å². The average Bonchev–Trinajstić information content (AvgIpc) is 2.84. The number of guanidine groups is 1. The Bertz CT molecular complexity index is 482. The van der Waals surface area contributed by atoms with Crippen molar-refractivity contribution in [2.24, 2.45) is 4.99 Å². The molecule has 25 heavy (non-hydrogen) atoms. The number of thiazole rings is 1. The van der Waals surface area contributed by atoms with Gasteiger partial charge in [0.1, 0.15) is 0 Å². The van der Waals surface area contributed by atoms with Gasteiger partial charge in [0.25, 0.3) is 0 Å². The van der Waals surface area contributed by atoms with E-state index in [1.807, 2.05) is 0 Å². The van der Waals surface area contributed by atoms with Gasteiger partial charge in [-0.2, -0.15) is 0 Å². The Labute approximate surface area is 175 Å². The molecular formula is C18H36IN5S. The van der Waals surface area contributed by atoms with Crippen LogP contribution in [0.2, 0.25) is 0 Å². The third-order valence-corrected chi connectivity index (χ3v) is 5.25. The van der Waals surface area contributed by atoms with E-state index < -0.39 is 0 Å². The van der Waals surface area contributed by atoms with Crippen LogP contribution in [0.3, 0.4) is 0 Å². The minimum Gasteiger partial charge on any atom is -0.357 e. The highest BCUT2D eigenvalue weighted by molar-refractivity contribution is 14.0. The molecule has 1 rings (SSSR count). The number of aryl methyl sites for hydroxylation is 2. The zero-order valence-corrected chi connectivity index (χ0v) is 19.8. The van der Waals surface area contributed by atoms with Crippen LogP contribution in [0.5, 0.6) is 0 Å². The highest BCUT2D eigenvalue weighted by atomic mass is 127. The van der Waals surface area contributed by atoms with E-state index in [-0.39, 0.29) is 24.0 Å². The van der Waals surface area contributed by atoms with E-state index in [0.29, 0.717) is 6.04 Å². The number of rotatable bonds is 10. The highest BCUT2D eigenvalue weighted by Gasteiger charge is 2.04. The van der Waals surface area contributed by atoms with Crippen molar-refractivity contribution in [1.29, 1.82) is 0 Å². The fourth-order valence-corrected chi connectivity index (χ4v) is 3.13. The van der Waals surface area contributed by atoms with Crippen LogP contribution < -0.4 is 10.6 Å². The predicted octanol–water partition coefficient (Wildman–Crippen LogP) is 3.60. The number of unbranched alkanes of at least 4 members (excludes halogenated alkanes) is 1. The van der Waals surface area contributed by atoms with Gasteiger partial charge in [-0.3, -0.25) is 4.99 Å². The molecule has 0 aromatic carbocycles. The molecule has 1 heterocycles. The van der Waals surface area contributed by atoms with Crippen LogP contribution in [0.25, 0.3) is 0 Å². The van der Waals surface area contributed by atoms with Crippen LogP contribution in [0.4, 0.5) is 0 Å². The number of hydrogen-bond donors (Lipinski definition) is 2. The molecule has 0 amide bonds. The quantitative estimate of drug-likeness (QED) is 0.232. The van der Waals surface area contributed by atoms with E-state index in [4.69, 9.17) is 0 Å². The number of hydrogen-bond acceptors (Lipinski definition) is 4. The molecule has 0 fully saturated rings. The molecule has 1 aromatic rings. The molecule has 0 saturated carbocycles. The molecule has 5 nitrogen and oxygen atoms in total. The smallest absolute Gasteiger partial charge is 0.191 e. The summed E-state index contributed by atoms with van der Waals surface area (Å²) < 4.78 is 0. The molecule has 0 radical (unpaired) electrons. The molecule has 1 aromatic heterocycles. The van der Waals surface area contributed by atoms with E-state index in [9.17, 15) is 0 Å². The largest absolute Gasteiger partial charge is 0.357 e. The molecule has 146 valence electrons. The molecule has 0 aliphatic heterocycles. The van der Waals surface area contributed by atoms with Crippen LogP contribution in [-0.4, -0.2) is 55.1 Å². The second-order valence-electron chi connectivity index (χ2n) is 6.47. The molecule has 0 spiro atoms. The molecule has 0 atom stereocenters. The summed E-state index contributed by atoms with van der Waals surface area (Å²) in [7, 11) is 2.18. The predicted molar refractivity (Wildman–Crippen MR) is 122 cm³/mol. The lowest BCUT2D eigenvalue weighted by atomic mass is 10.2. The van der Waals surface area contributed by atoms with Gasteiger partial charge in [-0.25, -0.2) is 4.98 Å². The van der Waals surface area contributed by atoms with Gasteiger partial charge < -0.3 is 15.5 Å². The van der Waals surface area contributed by atoms with Crippen LogP contribution in [0.15, 0.2) is 4.99 Å². The van der Waals surface area contributed by atoms with Gasteiger partial charge in [-0.05, 0) is 61.1 Å². The third-order valence-electron chi connectivity index (χ3n) is 4.12. The van der Waals surface area contributed by atoms with Gasteiger partial charge in [0.2, 0.25) is 0 Å². The number of aromatic nitrogens is 1. The van der Waals surface area contributed by atoms with E-state index in [1.165, 1.54) is 16.3 Å². The van der Waals surface area contributed by atoms with Crippen molar-refractivity contribution in [1.82, 2.24) is 20.5 Å². The Kier molecular flexibility index (Phi) is 13.5. The number of aliphatic imine (C=N–C) groups is 1. The molecular weight excluding hydrogens is 445 g/mol. The molecule has 0 unspecified atom stereocenters. The van der Waals surface area contributed by atoms with Gasteiger partial charge in [0.05, 0.1) is 10.7 Å². The van der Waals surface area contributed by atoms with Gasteiger partial charge in [0, 0.05) is 37.0 Å². The SMILES string of the molecule is CCNC(=NCCCCN(C)C(C)C)NCCc1nc(C)c(C)s1.I. The first-order chi connectivity index (χ1) is 11.4. The minimum absolute atomic E-state index is 0. The monoisotopic (exact) mass is 481 g/mol. The molecule has 0 bridgehead atoms. The van der Waals surface area contributed by atoms with Gasteiger partial charge in [0.15, 0.2) is 5.96 Å². The second kappa shape index (κ2) is 13.7. The number of halogens is 1. The van der Waals surface area contributed by atoms with Crippen LogP contribution in [0, 0.1) is 13.8 Å². The van der Waals surface area contributed by atoms with Crippen LogP contribution >= 0.6 is 35.3 Å². The summed E-state index contributed by atoms with van der Waals surface area (Å²) in [5.74, 6) is 0.916. The topological polar surface area (TPSA) is 52.6 Å². The number of nitrogens with one attached hydrogen (secondary N) is 2. The van der Waals surface area contributed by atoms with Crippen molar-refractivity contribution in [2.45, 2.75) is 59.9 Å². The summed E-state index contributed by atoms with van der Waals surface area (Å²) in [4.78, 5) is 12.9. The zero-order valence-electron chi connectivity index (χ0n) is 16.7. The zero-order chi connectivity index (χ0) is 17.9. The first-order valence-corrected chi connectivity index (χ1v) is 9.91. The molecule has 0 saturated heterocycles. The maximum Gasteiger partial charge on any atom is 0.191 e. The van der Waals surface area contributed by atoms with Crippen molar-refractivity contribution >= 4 is 41.3 Å². The Morgan fingerprint density at radius 3 is 2.52 bits per heavy atom. The minimum atomic E-state index is 0. The highest BCUT2D eigenvalue weighted by Crippen LogP contribution is 2.16. The summed E-state index contributed by atoms with van der Waals surface area (Å²) >= 11 is 1.79. The van der Waals surface area contributed by atoms with E-state index >= 15 is 0 Å². The van der Waals surface area contributed by atoms with Crippen molar-refractivity contribution in [2.75, 3.05) is 33.2 Å². The summed E-state index contributed by atoms with van der Waals surface area (Å²) in [5, 5.41) is 7.92. The second-order valence-corrected chi connectivity index (χ2v) is 7.76. The maximum absolute atomic E-state index is 4.67. The van der Waals surface area contributed by atoms with Crippen LogP contribution in [0.1, 0.15) is 49.2 Å². The summed E-state index contributed by atoms with van der Waals surface area (Å²) in [6.45, 7) is 14.5. The Morgan fingerprint density at radius 1 is 1.24 bits per heavy atom. The first-order valence-electron chi connectivity index (χ1n) is 9.09. The Balaban J connectivity index is 0.00000576. The van der Waals surface area contributed by atoms with E-state index in [0.717, 1.165) is 50.7 Å². The average molecular weight is 481 g/mol. The maximum atomic E-state index is 4.67. The normalized spacial score (nSPS) is 11.8. The lowest BCUT2D eigenvalue weighted by Crippen LogP contribution is -2.38. The molecule has 0 aliphatic rings. The lowest BCUT2D eigenvalue weighted by molar-refractivity contribution is 0.269. The summed E-state index contributed by atoms with van der Waals surface area (Å²) in [6, 6.07) is 0.616. The summed E-state index contributed by atoms with van der Waals surface area (Å²) in [6.07, 6.45) is 3.26. The van der Waals surface area contributed by atoms with Gasteiger partial charge in [-0.15, -0.1) is 35.3 Å². The van der Waals surface area contributed by atoms with Gasteiger partial charge in [-0.1, -0.05) is 0 Å². The first kappa shape index (κ1) is 24.6. The van der Waals surface area contributed by atoms with Gasteiger partial charge >= 0.3 is 0 Å². The summed E-state index contributed by atoms with van der Waals surface area (Å²) in [5.41, 5.74) is 1.15.